The van der Waals surface area contributed by atoms with Gasteiger partial charge < -0.3 is 29.7 Å². The average Bonchev–Trinajstić information content (AvgIpc) is 3.60. The summed E-state index contributed by atoms with van der Waals surface area (Å²) < 4.78 is 29.8. The van der Waals surface area contributed by atoms with Crippen molar-refractivity contribution in [3.63, 3.8) is 0 Å². The SMILES string of the molecule is O=C(NC[C@H]1CCCO1)C(=O)NC[C@H](c1ccc2c(c1)OCO2)N1CCN(c2ccc(F)cc2)CC1. The van der Waals surface area contributed by atoms with Crippen molar-refractivity contribution in [1.29, 1.82) is 0 Å². The minimum absolute atomic E-state index is 0.0273. The molecule has 9 nitrogen and oxygen atoms in total. The zero-order chi connectivity index (χ0) is 24.9. The van der Waals surface area contributed by atoms with Crippen LogP contribution in [-0.4, -0.2) is 75.5 Å². The Balaban J connectivity index is 1.23. The van der Waals surface area contributed by atoms with Crippen molar-refractivity contribution in [2.45, 2.75) is 25.0 Å². The third-order valence-corrected chi connectivity index (χ3v) is 6.90. The highest BCUT2D eigenvalue weighted by Gasteiger charge is 2.28. The molecule has 0 unspecified atom stereocenters. The lowest BCUT2D eigenvalue weighted by Gasteiger charge is -2.40. The maximum absolute atomic E-state index is 13.3. The molecule has 10 heteroatoms. The zero-order valence-electron chi connectivity index (χ0n) is 20.1. The second kappa shape index (κ2) is 11.1. The molecule has 0 spiro atoms. The summed E-state index contributed by atoms with van der Waals surface area (Å²) in [7, 11) is 0. The van der Waals surface area contributed by atoms with Gasteiger partial charge in [0.1, 0.15) is 5.82 Å². The van der Waals surface area contributed by atoms with Gasteiger partial charge in [0.2, 0.25) is 6.79 Å². The van der Waals surface area contributed by atoms with Crippen LogP contribution in [0.3, 0.4) is 0 Å². The quantitative estimate of drug-likeness (QED) is 0.563. The van der Waals surface area contributed by atoms with E-state index >= 15 is 0 Å². The number of carbonyl (C=O) groups excluding carboxylic acids is 2. The molecular formula is C26H31FN4O5. The van der Waals surface area contributed by atoms with Gasteiger partial charge >= 0.3 is 11.8 Å². The van der Waals surface area contributed by atoms with E-state index in [2.05, 4.69) is 20.4 Å². The third kappa shape index (κ3) is 5.71. The minimum Gasteiger partial charge on any atom is -0.454 e. The van der Waals surface area contributed by atoms with Gasteiger partial charge in [0, 0.05) is 51.6 Å². The van der Waals surface area contributed by atoms with Crippen molar-refractivity contribution in [3.05, 3.63) is 53.8 Å². The van der Waals surface area contributed by atoms with E-state index in [-0.39, 0.29) is 31.3 Å². The number of ether oxygens (including phenoxy) is 3. The average molecular weight is 499 g/mol. The molecule has 0 saturated carbocycles. The lowest BCUT2D eigenvalue weighted by molar-refractivity contribution is -0.139. The van der Waals surface area contributed by atoms with E-state index < -0.39 is 11.8 Å². The molecule has 2 atom stereocenters. The normalized spacial score (nSPS) is 20.2. The molecule has 2 N–H and O–H groups in total. The van der Waals surface area contributed by atoms with Crippen LogP contribution >= 0.6 is 0 Å². The predicted molar refractivity (Wildman–Crippen MR) is 130 cm³/mol. The summed E-state index contributed by atoms with van der Waals surface area (Å²) in [5.74, 6) is -0.213. The maximum atomic E-state index is 13.3. The highest BCUT2D eigenvalue weighted by Crippen LogP contribution is 2.35. The fourth-order valence-electron chi connectivity index (χ4n) is 4.88. The first-order chi connectivity index (χ1) is 17.6. The van der Waals surface area contributed by atoms with Crippen LogP contribution < -0.4 is 25.0 Å². The first kappa shape index (κ1) is 24.3. The van der Waals surface area contributed by atoms with Crippen LogP contribution in [0.4, 0.5) is 10.1 Å². The number of nitrogens with zero attached hydrogens (tertiary/aromatic N) is 2. The molecule has 5 rings (SSSR count). The number of rotatable bonds is 7. The number of hydrogen-bond donors (Lipinski definition) is 2. The van der Waals surface area contributed by atoms with Crippen molar-refractivity contribution in [2.24, 2.45) is 0 Å². The van der Waals surface area contributed by atoms with E-state index in [0.29, 0.717) is 24.7 Å². The Hall–Kier alpha value is -3.37. The second-order valence-corrected chi connectivity index (χ2v) is 9.18. The molecule has 36 heavy (non-hydrogen) atoms. The highest BCUT2D eigenvalue weighted by atomic mass is 19.1. The standard InChI is InChI=1S/C26H31FN4O5/c27-19-4-6-20(7-5-19)30-9-11-31(12-10-30)22(18-3-8-23-24(14-18)36-17-35-23)16-29-26(33)25(32)28-15-21-2-1-13-34-21/h3-8,14,21-22H,1-2,9-13,15-17H2,(H,28,32)(H,29,33)/t21-,22-/m1/s1. The minimum atomic E-state index is -0.663. The lowest BCUT2D eigenvalue weighted by Crippen LogP contribution is -2.51. The van der Waals surface area contributed by atoms with Gasteiger partial charge in [0.15, 0.2) is 11.5 Å². The van der Waals surface area contributed by atoms with Crippen molar-refractivity contribution in [2.75, 3.05) is 57.6 Å². The number of anilines is 1. The molecule has 2 fully saturated rings. The predicted octanol–water partition coefficient (Wildman–Crippen LogP) is 1.83. The summed E-state index contributed by atoms with van der Waals surface area (Å²) in [5.41, 5.74) is 1.95. The molecule has 0 aliphatic carbocycles. The topological polar surface area (TPSA) is 92.4 Å². The molecule has 2 aromatic carbocycles. The van der Waals surface area contributed by atoms with E-state index in [1.165, 1.54) is 12.1 Å². The first-order valence-corrected chi connectivity index (χ1v) is 12.4. The Labute approximate surface area is 209 Å². The number of benzene rings is 2. The van der Waals surface area contributed by atoms with Crippen LogP contribution in [0.5, 0.6) is 11.5 Å². The van der Waals surface area contributed by atoms with Crippen molar-refractivity contribution >= 4 is 17.5 Å². The number of halogens is 1. The number of carbonyl (C=O) groups is 2. The third-order valence-electron chi connectivity index (χ3n) is 6.90. The van der Waals surface area contributed by atoms with Gasteiger partial charge in [-0.15, -0.1) is 0 Å². The number of piperazine rings is 1. The van der Waals surface area contributed by atoms with Crippen LogP contribution in [-0.2, 0) is 14.3 Å². The Morgan fingerprint density at radius 3 is 2.47 bits per heavy atom. The van der Waals surface area contributed by atoms with Gasteiger partial charge in [-0.05, 0) is 54.8 Å². The zero-order valence-corrected chi connectivity index (χ0v) is 20.1. The van der Waals surface area contributed by atoms with Crippen LogP contribution in [0.15, 0.2) is 42.5 Å². The molecule has 2 amide bonds. The van der Waals surface area contributed by atoms with E-state index in [1.54, 1.807) is 12.1 Å². The molecule has 2 aromatic rings. The first-order valence-electron chi connectivity index (χ1n) is 12.4. The Kier molecular flexibility index (Phi) is 7.52. The smallest absolute Gasteiger partial charge is 0.309 e. The highest BCUT2D eigenvalue weighted by molar-refractivity contribution is 6.35. The summed E-state index contributed by atoms with van der Waals surface area (Å²) in [5, 5.41) is 5.48. The number of amides is 2. The van der Waals surface area contributed by atoms with Crippen LogP contribution in [0, 0.1) is 5.82 Å². The van der Waals surface area contributed by atoms with Gasteiger partial charge in [-0.3, -0.25) is 14.5 Å². The molecular weight excluding hydrogens is 467 g/mol. The molecule has 3 aliphatic rings. The fraction of sp³-hybridized carbons (Fsp3) is 0.462. The summed E-state index contributed by atoms with van der Waals surface area (Å²) in [4.78, 5) is 29.4. The van der Waals surface area contributed by atoms with E-state index in [4.69, 9.17) is 14.2 Å². The molecule has 192 valence electrons. The van der Waals surface area contributed by atoms with Gasteiger partial charge in [-0.25, -0.2) is 4.39 Å². The largest absolute Gasteiger partial charge is 0.454 e. The Morgan fingerprint density at radius 1 is 0.972 bits per heavy atom. The van der Waals surface area contributed by atoms with E-state index in [0.717, 1.165) is 50.3 Å². The van der Waals surface area contributed by atoms with Gasteiger partial charge in [-0.2, -0.15) is 0 Å². The second-order valence-electron chi connectivity index (χ2n) is 9.18. The maximum Gasteiger partial charge on any atom is 0.309 e. The Morgan fingerprint density at radius 2 is 1.72 bits per heavy atom. The van der Waals surface area contributed by atoms with E-state index in [1.807, 2.05) is 18.2 Å². The summed E-state index contributed by atoms with van der Waals surface area (Å²) in [6, 6.07) is 12.1. The molecule has 2 saturated heterocycles. The molecule has 0 radical (unpaired) electrons. The van der Waals surface area contributed by atoms with E-state index in [9.17, 15) is 14.0 Å². The summed E-state index contributed by atoms with van der Waals surface area (Å²) in [6.45, 7) is 4.45. The lowest BCUT2D eigenvalue weighted by atomic mass is 10.0. The fourth-order valence-corrected chi connectivity index (χ4v) is 4.88. The molecule has 0 bridgehead atoms. The van der Waals surface area contributed by atoms with Gasteiger partial charge in [0.25, 0.3) is 0 Å². The number of nitrogens with one attached hydrogen (secondary N) is 2. The van der Waals surface area contributed by atoms with Gasteiger partial charge in [-0.1, -0.05) is 6.07 Å². The molecule has 3 heterocycles. The molecule has 3 aliphatic heterocycles. The van der Waals surface area contributed by atoms with Crippen molar-refractivity contribution in [1.82, 2.24) is 15.5 Å². The van der Waals surface area contributed by atoms with Crippen molar-refractivity contribution in [3.8, 4) is 11.5 Å². The molecule has 0 aromatic heterocycles. The monoisotopic (exact) mass is 498 g/mol. The van der Waals surface area contributed by atoms with Crippen LogP contribution in [0.2, 0.25) is 0 Å². The summed E-state index contributed by atoms with van der Waals surface area (Å²) >= 11 is 0. The number of hydrogen-bond acceptors (Lipinski definition) is 7. The van der Waals surface area contributed by atoms with Gasteiger partial charge in [0.05, 0.1) is 12.1 Å². The Bertz CT molecular complexity index is 1070. The van der Waals surface area contributed by atoms with Crippen LogP contribution in [0.1, 0.15) is 24.4 Å². The van der Waals surface area contributed by atoms with Crippen molar-refractivity contribution < 1.29 is 28.2 Å². The summed E-state index contributed by atoms with van der Waals surface area (Å²) in [6.07, 6.45) is 1.83. The number of fused-ring (bicyclic) bond motifs is 1. The van der Waals surface area contributed by atoms with Crippen LogP contribution in [0.25, 0.3) is 0 Å².